The van der Waals surface area contributed by atoms with Gasteiger partial charge in [0.05, 0.1) is 12.2 Å². The van der Waals surface area contributed by atoms with Crippen molar-refractivity contribution in [2.75, 3.05) is 13.2 Å². The number of ether oxygens (including phenoxy) is 2. The lowest BCUT2D eigenvalue weighted by Crippen LogP contribution is -2.22. The van der Waals surface area contributed by atoms with Crippen LogP contribution in [0.25, 0.3) is 0 Å². The summed E-state index contributed by atoms with van der Waals surface area (Å²) in [6.07, 6.45) is 0. The Hall–Kier alpha value is -0.610. The molecular formula is C13H18BrFO2. The van der Waals surface area contributed by atoms with Crippen molar-refractivity contribution < 1.29 is 13.9 Å². The molecule has 96 valence electrons. The van der Waals surface area contributed by atoms with Gasteiger partial charge in [-0.1, -0.05) is 22.0 Å². The lowest BCUT2D eigenvalue weighted by molar-refractivity contribution is -0.0166. The molecule has 0 unspecified atom stereocenters. The Morgan fingerprint density at radius 2 is 1.94 bits per heavy atom. The lowest BCUT2D eigenvalue weighted by atomic mass is 10.2. The zero-order chi connectivity index (χ0) is 12.9. The molecule has 0 saturated carbocycles. The predicted molar refractivity (Wildman–Crippen MR) is 70.2 cm³/mol. The average Bonchev–Trinajstić information content (AvgIpc) is 2.24. The highest BCUT2D eigenvalue weighted by Crippen LogP contribution is 2.19. The van der Waals surface area contributed by atoms with Crippen molar-refractivity contribution in [3.8, 4) is 5.75 Å². The van der Waals surface area contributed by atoms with Crippen molar-refractivity contribution in [2.24, 2.45) is 0 Å². The van der Waals surface area contributed by atoms with E-state index in [4.69, 9.17) is 9.47 Å². The van der Waals surface area contributed by atoms with E-state index in [0.717, 1.165) is 5.56 Å². The Bertz CT molecular complexity index is 361. The van der Waals surface area contributed by atoms with Crippen LogP contribution in [0.2, 0.25) is 0 Å². The molecule has 0 bridgehead atoms. The van der Waals surface area contributed by atoms with E-state index in [2.05, 4.69) is 15.9 Å². The van der Waals surface area contributed by atoms with Gasteiger partial charge in [0.2, 0.25) is 0 Å². The van der Waals surface area contributed by atoms with Crippen molar-refractivity contribution in [1.29, 1.82) is 0 Å². The quantitative estimate of drug-likeness (QED) is 0.606. The zero-order valence-corrected chi connectivity index (χ0v) is 12.0. The average molecular weight is 305 g/mol. The Kier molecular flexibility index (Phi) is 5.40. The Morgan fingerprint density at radius 1 is 1.24 bits per heavy atom. The van der Waals surface area contributed by atoms with Crippen LogP contribution in [0.4, 0.5) is 4.39 Å². The second-order valence-electron chi connectivity index (χ2n) is 4.71. The van der Waals surface area contributed by atoms with E-state index in [0.29, 0.717) is 18.5 Å². The third kappa shape index (κ3) is 5.50. The van der Waals surface area contributed by atoms with E-state index < -0.39 is 0 Å². The molecule has 2 nitrogen and oxygen atoms in total. The maximum absolute atomic E-state index is 13.5. The normalized spacial score (nSPS) is 11.6. The molecule has 0 saturated heterocycles. The highest BCUT2D eigenvalue weighted by molar-refractivity contribution is 9.08. The molecule has 0 spiro atoms. The largest absolute Gasteiger partial charge is 0.488 e. The summed E-state index contributed by atoms with van der Waals surface area (Å²) in [5.74, 6) is -0.0649. The van der Waals surface area contributed by atoms with Crippen LogP contribution in [-0.2, 0) is 10.1 Å². The van der Waals surface area contributed by atoms with E-state index in [9.17, 15) is 4.39 Å². The van der Waals surface area contributed by atoms with Gasteiger partial charge in [0.15, 0.2) is 11.6 Å². The summed E-state index contributed by atoms with van der Waals surface area (Å²) in [7, 11) is 0. The fraction of sp³-hybridized carbons (Fsp3) is 0.538. The van der Waals surface area contributed by atoms with Gasteiger partial charge in [-0.3, -0.25) is 0 Å². The Balaban J connectivity index is 2.42. The smallest absolute Gasteiger partial charge is 0.165 e. The van der Waals surface area contributed by atoms with Gasteiger partial charge in [-0.15, -0.1) is 0 Å². The first-order valence-corrected chi connectivity index (χ1v) is 6.65. The third-order valence-corrected chi connectivity index (χ3v) is 2.67. The van der Waals surface area contributed by atoms with Crippen molar-refractivity contribution >= 4 is 15.9 Å². The van der Waals surface area contributed by atoms with Crippen LogP contribution >= 0.6 is 15.9 Å². The van der Waals surface area contributed by atoms with Crippen LogP contribution in [-0.4, -0.2) is 18.8 Å². The number of hydrogen-bond donors (Lipinski definition) is 0. The Labute approximate surface area is 110 Å². The lowest BCUT2D eigenvalue weighted by Gasteiger charge is -2.19. The number of benzene rings is 1. The second-order valence-corrected chi connectivity index (χ2v) is 5.27. The summed E-state index contributed by atoms with van der Waals surface area (Å²) in [5.41, 5.74) is 0.697. The van der Waals surface area contributed by atoms with Gasteiger partial charge in [0.25, 0.3) is 0 Å². The number of rotatable bonds is 5. The minimum Gasteiger partial charge on any atom is -0.488 e. The predicted octanol–water partition coefficient (Wildman–Crippen LogP) is 3.91. The fourth-order valence-electron chi connectivity index (χ4n) is 1.24. The summed E-state index contributed by atoms with van der Waals surface area (Å²) in [6.45, 7) is 6.71. The van der Waals surface area contributed by atoms with Crippen molar-refractivity contribution in [1.82, 2.24) is 0 Å². The molecule has 0 aliphatic rings. The molecule has 0 radical (unpaired) electrons. The Morgan fingerprint density at radius 3 is 2.47 bits per heavy atom. The third-order valence-electron chi connectivity index (χ3n) is 2.03. The molecule has 0 aliphatic carbocycles. The van der Waals surface area contributed by atoms with Crippen LogP contribution in [0.1, 0.15) is 26.3 Å². The van der Waals surface area contributed by atoms with Crippen LogP contribution < -0.4 is 4.74 Å². The van der Waals surface area contributed by atoms with Crippen molar-refractivity contribution in [3.63, 3.8) is 0 Å². The van der Waals surface area contributed by atoms with E-state index in [1.807, 2.05) is 26.8 Å². The molecule has 0 fully saturated rings. The van der Waals surface area contributed by atoms with Crippen molar-refractivity contribution in [3.05, 3.63) is 29.6 Å². The first-order valence-electron chi connectivity index (χ1n) is 5.53. The molecule has 1 aromatic carbocycles. The molecule has 4 heteroatoms. The fourth-order valence-corrected chi connectivity index (χ4v) is 1.59. The minimum atomic E-state index is -0.335. The molecule has 17 heavy (non-hydrogen) atoms. The highest BCUT2D eigenvalue weighted by Gasteiger charge is 2.10. The van der Waals surface area contributed by atoms with E-state index in [1.54, 1.807) is 6.07 Å². The summed E-state index contributed by atoms with van der Waals surface area (Å²) in [6, 6.07) is 4.94. The summed E-state index contributed by atoms with van der Waals surface area (Å²) in [4.78, 5) is 0. The molecule has 0 N–H and O–H groups in total. The van der Waals surface area contributed by atoms with Crippen LogP contribution in [0.15, 0.2) is 18.2 Å². The maximum atomic E-state index is 13.5. The molecule has 0 atom stereocenters. The van der Waals surface area contributed by atoms with Gasteiger partial charge >= 0.3 is 0 Å². The highest BCUT2D eigenvalue weighted by atomic mass is 79.9. The SMILES string of the molecule is CC(C)(C)OCCOc1ccc(CBr)cc1F. The van der Waals surface area contributed by atoms with E-state index in [-0.39, 0.29) is 17.2 Å². The van der Waals surface area contributed by atoms with Gasteiger partial charge in [-0.2, -0.15) is 0 Å². The first-order chi connectivity index (χ1) is 7.92. The number of halogens is 2. The van der Waals surface area contributed by atoms with Crippen LogP contribution in [0.5, 0.6) is 5.75 Å². The maximum Gasteiger partial charge on any atom is 0.165 e. The summed E-state index contributed by atoms with van der Waals surface area (Å²) < 4.78 is 24.3. The van der Waals surface area contributed by atoms with E-state index in [1.165, 1.54) is 6.07 Å². The monoisotopic (exact) mass is 304 g/mol. The van der Waals surface area contributed by atoms with Gasteiger partial charge in [0.1, 0.15) is 6.61 Å². The zero-order valence-electron chi connectivity index (χ0n) is 10.4. The molecule has 1 rings (SSSR count). The molecule has 0 amide bonds. The topological polar surface area (TPSA) is 18.5 Å². The van der Waals surface area contributed by atoms with Crippen molar-refractivity contribution in [2.45, 2.75) is 31.7 Å². The van der Waals surface area contributed by atoms with Gasteiger partial charge in [-0.05, 0) is 38.5 Å². The molecule has 0 aliphatic heterocycles. The first kappa shape index (κ1) is 14.5. The minimum absolute atomic E-state index is 0.193. The number of hydrogen-bond acceptors (Lipinski definition) is 2. The van der Waals surface area contributed by atoms with Gasteiger partial charge < -0.3 is 9.47 Å². The molecule has 0 aromatic heterocycles. The van der Waals surface area contributed by atoms with Crippen LogP contribution in [0.3, 0.4) is 0 Å². The molecule has 0 heterocycles. The summed E-state index contributed by atoms with van der Waals surface area (Å²) >= 11 is 3.27. The molecule has 1 aromatic rings. The van der Waals surface area contributed by atoms with Gasteiger partial charge in [0, 0.05) is 5.33 Å². The number of alkyl halides is 1. The van der Waals surface area contributed by atoms with E-state index >= 15 is 0 Å². The summed E-state index contributed by atoms with van der Waals surface area (Å²) in [5, 5.41) is 0.636. The second kappa shape index (κ2) is 6.36. The van der Waals surface area contributed by atoms with Crippen LogP contribution in [0, 0.1) is 5.82 Å². The molecular weight excluding hydrogens is 287 g/mol. The van der Waals surface area contributed by atoms with Gasteiger partial charge in [-0.25, -0.2) is 4.39 Å². The standard InChI is InChI=1S/C13H18BrFO2/c1-13(2,3)17-7-6-16-12-5-4-10(9-14)8-11(12)15/h4-5,8H,6-7,9H2,1-3H3.